The maximum Gasteiger partial charge on any atom is 0.261 e. The lowest BCUT2D eigenvalue weighted by Crippen LogP contribution is -2.38. The van der Waals surface area contributed by atoms with E-state index in [9.17, 15) is 9.59 Å². The average molecular weight is 387 g/mol. The highest BCUT2D eigenvalue weighted by Crippen LogP contribution is 2.39. The SMILES string of the molecule is Cc1n[nH]c(C)c1CNC(=O)c1ccc([C@@H]2CCCN2C(=O)C2CCC2)s1. The van der Waals surface area contributed by atoms with Gasteiger partial charge in [-0.05, 0) is 51.7 Å². The Morgan fingerprint density at radius 3 is 2.74 bits per heavy atom. The lowest BCUT2D eigenvalue weighted by molar-refractivity contribution is -0.139. The first-order valence-corrected chi connectivity index (χ1v) is 10.5. The Morgan fingerprint density at radius 2 is 2.07 bits per heavy atom. The van der Waals surface area contributed by atoms with Gasteiger partial charge in [0.15, 0.2) is 0 Å². The minimum absolute atomic E-state index is 0.0684. The Bertz CT molecular complexity index is 833. The van der Waals surface area contributed by atoms with Crippen LogP contribution in [-0.2, 0) is 11.3 Å². The highest BCUT2D eigenvalue weighted by Gasteiger charge is 2.36. The maximum absolute atomic E-state index is 12.7. The van der Waals surface area contributed by atoms with E-state index in [-0.39, 0.29) is 17.9 Å². The van der Waals surface area contributed by atoms with Gasteiger partial charge in [-0.3, -0.25) is 14.7 Å². The van der Waals surface area contributed by atoms with E-state index >= 15 is 0 Å². The number of thiophene rings is 1. The van der Waals surface area contributed by atoms with Crippen molar-refractivity contribution < 1.29 is 9.59 Å². The van der Waals surface area contributed by atoms with E-state index in [0.717, 1.165) is 54.1 Å². The number of carbonyl (C=O) groups is 2. The third-order valence-corrected chi connectivity index (χ3v) is 7.06. The first kappa shape index (κ1) is 18.2. The van der Waals surface area contributed by atoms with Crippen molar-refractivity contribution >= 4 is 23.2 Å². The van der Waals surface area contributed by atoms with Crippen LogP contribution in [0.1, 0.15) is 69.6 Å². The van der Waals surface area contributed by atoms with E-state index in [1.54, 1.807) is 0 Å². The first-order valence-electron chi connectivity index (χ1n) is 9.73. The number of aromatic amines is 1. The van der Waals surface area contributed by atoms with Gasteiger partial charge in [-0.25, -0.2) is 0 Å². The van der Waals surface area contributed by atoms with Gasteiger partial charge >= 0.3 is 0 Å². The molecule has 6 nitrogen and oxygen atoms in total. The molecule has 27 heavy (non-hydrogen) atoms. The summed E-state index contributed by atoms with van der Waals surface area (Å²) < 4.78 is 0. The van der Waals surface area contributed by atoms with Crippen molar-refractivity contribution in [3.8, 4) is 0 Å². The first-order chi connectivity index (χ1) is 13.0. The second kappa shape index (κ2) is 7.46. The van der Waals surface area contributed by atoms with Crippen molar-refractivity contribution in [2.45, 2.75) is 58.5 Å². The van der Waals surface area contributed by atoms with Crippen LogP contribution in [0.4, 0.5) is 0 Å². The monoisotopic (exact) mass is 386 g/mol. The molecule has 0 radical (unpaired) electrons. The number of hydrogen-bond acceptors (Lipinski definition) is 4. The molecule has 2 N–H and O–H groups in total. The van der Waals surface area contributed by atoms with E-state index in [2.05, 4.69) is 20.4 Å². The predicted molar refractivity (Wildman–Crippen MR) is 105 cm³/mol. The molecule has 1 saturated carbocycles. The molecule has 0 unspecified atom stereocenters. The van der Waals surface area contributed by atoms with E-state index < -0.39 is 0 Å². The van der Waals surface area contributed by atoms with Gasteiger partial charge in [-0.1, -0.05) is 6.42 Å². The molecule has 1 aliphatic carbocycles. The second-order valence-corrected chi connectivity index (χ2v) is 8.73. The standard InChI is InChI=1S/C20H26N4O2S/c1-12-15(13(2)23-22-12)11-21-19(25)18-9-8-17(27-18)16-7-4-10-24(16)20(26)14-5-3-6-14/h8-9,14,16H,3-7,10-11H2,1-2H3,(H,21,25)(H,22,23)/t16-/m0/s1. The quantitative estimate of drug-likeness (QED) is 0.826. The molecule has 1 aliphatic heterocycles. The van der Waals surface area contributed by atoms with Crippen LogP contribution in [0, 0.1) is 19.8 Å². The molecule has 2 aromatic rings. The summed E-state index contributed by atoms with van der Waals surface area (Å²) in [5, 5.41) is 10.1. The van der Waals surface area contributed by atoms with Crippen LogP contribution in [0.25, 0.3) is 0 Å². The third-order valence-electron chi connectivity index (χ3n) is 5.88. The molecule has 144 valence electrons. The fourth-order valence-electron chi connectivity index (χ4n) is 3.96. The van der Waals surface area contributed by atoms with Crippen molar-refractivity contribution in [2.24, 2.45) is 5.92 Å². The van der Waals surface area contributed by atoms with Crippen LogP contribution in [0.3, 0.4) is 0 Å². The molecule has 1 saturated heterocycles. The Morgan fingerprint density at radius 1 is 1.26 bits per heavy atom. The summed E-state index contributed by atoms with van der Waals surface area (Å²) >= 11 is 1.51. The van der Waals surface area contributed by atoms with E-state index in [1.807, 2.05) is 26.0 Å². The minimum Gasteiger partial charge on any atom is -0.347 e. The van der Waals surface area contributed by atoms with Crippen molar-refractivity contribution in [1.29, 1.82) is 0 Å². The smallest absolute Gasteiger partial charge is 0.261 e. The van der Waals surface area contributed by atoms with Crippen LogP contribution in [0.5, 0.6) is 0 Å². The van der Waals surface area contributed by atoms with Crippen LogP contribution in [-0.4, -0.2) is 33.5 Å². The highest BCUT2D eigenvalue weighted by atomic mass is 32.1. The zero-order valence-corrected chi connectivity index (χ0v) is 16.7. The lowest BCUT2D eigenvalue weighted by atomic mass is 9.84. The number of aromatic nitrogens is 2. The zero-order valence-electron chi connectivity index (χ0n) is 15.9. The second-order valence-electron chi connectivity index (χ2n) is 7.61. The van der Waals surface area contributed by atoms with Crippen LogP contribution in [0.15, 0.2) is 12.1 Å². The molecule has 1 atom stereocenters. The largest absolute Gasteiger partial charge is 0.347 e. The summed E-state index contributed by atoms with van der Waals surface area (Å²) in [4.78, 5) is 29.1. The Kier molecular flexibility index (Phi) is 5.04. The molecular weight excluding hydrogens is 360 g/mol. The molecule has 2 fully saturated rings. The predicted octanol–water partition coefficient (Wildman–Crippen LogP) is 3.48. The van der Waals surface area contributed by atoms with Crippen molar-refractivity contribution in [3.63, 3.8) is 0 Å². The molecule has 2 aliphatic rings. The molecule has 2 aromatic heterocycles. The number of rotatable bonds is 5. The summed E-state index contributed by atoms with van der Waals surface area (Å²) in [6.07, 6.45) is 5.28. The topological polar surface area (TPSA) is 78.1 Å². The molecule has 0 aromatic carbocycles. The van der Waals surface area contributed by atoms with Gasteiger partial charge in [-0.2, -0.15) is 5.10 Å². The van der Waals surface area contributed by atoms with Crippen molar-refractivity contribution in [1.82, 2.24) is 20.4 Å². The van der Waals surface area contributed by atoms with Gasteiger partial charge in [0.05, 0.1) is 16.6 Å². The number of aryl methyl sites for hydroxylation is 2. The normalized spacial score (nSPS) is 19.9. The van der Waals surface area contributed by atoms with Gasteiger partial charge < -0.3 is 10.2 Å². The van der Waals surface area contributed by atoms with Crippen LogP contribution in [0.2, 0.25) is 0 Å². The minimum atomic E-state index is -0.0684. The van der Waals surface area contributed by atoms with Crippen LogP contribution < -0.4 is 5.32 Å². The number of likely N-dealkylation sites (tertiary alicyclic amines) is 1. The molecule has 3 heterocycles. The summed E-state index contributed by atoms with van der Waals surface area (Å²) in [5.74, 6) is 0.477. The molecular formula is C20H26N4O2S. The third kappa shape index (κ3) is 3.52. The van der Waals surface area contributed by atoms with Crippen molar-refractivity contribution in [2.75, 3.05) is 6.54 Å². The molecule has 7 heteroatoms. The summed E-state index contributed by atoms with van der Waals surface area (Å²) in [5.41, 5.74) is 2.93. The van der Waals surface area contributed by atoms with E-state index in [4.69, 9.17) is 0 Å². The zero-order chi connectivity index (χ0) is 19.0. The maximum atomic E-state index is 12.7. The number of H-pyrrole nitrogens is 1. The van der Waals surface area contributed by atoms with E-state index in [1.165, 1.54) is 17.8 Å². The average Bonchev–Trinajstić information content (AvgIpc) is 3.31. The fraction of sp³-hybridized carbons (Fsp3) is 0.550. The van der Waals surface area contributed by atoms with Gasteiger partial charge in [0.1, 0.15) is 0 Å². The molecule has 0 spiro atoms. The number of nitrogens with zero attached hydrogens (tertiary/aromatic N) is 2. The fourth-order valence-corrected chi connectivity index (χ4v) is 5.03. The Balaban J connectivity index is 1.41. The van der Waals surface area contributed by atoms with Gasteiger partial charge in [0.25, 0.3) is 5.91 Å². The van der Waals surface area contributed by atoms with Gasteiger partial charge in [0.2, 0.25) is 5.91 Å². The number of amides is 2. The highest BCUT2D eigenvalue weighted by molar-refractivity contribution is 7.14. The van der Waals surface area contributed by atoms with E-state index in [0.29, 0.717) is 17.3 Å². The number of hydrogen-bond donors (Lipinski definition) is 2. The van der Waals surface area contributed by atoms with Crippen LogP contribution >= 0.6 is 11.3 Å². The summed E-state index contributed by atoms with van der Waals surface area (Å²) in [6, 6.07) is 4.04. The Hall–Kier alpha value is -2.15. The molecule has 2 amide bonds. The lowest BCUT2D eigenvalue weighted by Gasteiger charge is -2.32. The van der Waals surface area contributed by atoms with Gasteiger partial charge in [0, 0.05) is 35.1 Å². The van der Waals surface area contributed by atoms with Gasteiger partial charge in [-0.15, -0.1) is 11.3 Å². The summed E-state index contributed by atoms with van der Waals surface area (Å²) in [6.45, 7) is 5.20. The molecule has 4 rings (SSSR count). The number of nitrogens with one attached hydrogen (secondary N) is 2. The number of carbonyl (C=O) groups excluding carboxylic acids is 2. The molecule has 0 bridgehead atoms. The Labute approximate surface area is 163 Å². The summed E-state index contributed by atoms with van der Waals surface area (Å²) in [7, 11) is 0. The van der Waals surface area contributed by atoms with Crippen molar-refractivity contribution in [3.05, 3.63) is 38.8 Å².